The molecule has 1 saturated heterocycles. The standard InChI is InChI=1S/C20H27N5O3S/c1-3-24(4-2)16-9-7-14(8-10-16)19-22-23-20(28-19)29-13-17(26)25-11-5-6-15(12-25)18(21)27/h7-10,15H,3-6,11-13H2,1-2H3,(H2,21,27). The van der Waals surface area contributed by atoms with Gasteiger partial charge in [0.2, 0.25) is 17.7 Å². The number of rotatable bonds is 8. The van der Waals surface area contributed by atoms with Gasteiger partial charge in [0.05, 0.1) is 11.7 Å². The third-order valence-electron chi connectivity index (χ3n) is 5.14. The normalized spacial score (nSPS) is 16.6. The second-order valence-corrected chi connectivity index (χ2v) is 7.89. The van der Waals surface area contributed by atoms with E-state index in [1.807, 2.05) is 24.3 Å². The lowest BCUT2D eigenvalue weighted by atomic mass is 9.97. The molecule has 8 nitrogen and oxygen atoms in total. The van der Waals surface area contributed by atoms with E-state index in [0.29, 0.717) is 24.2 Å². The molecule has 0 bridgehead atoms. The highest BCUT2D eigenvalue weighted by molar-refractivity contribution is 7.99. The molecule has 0 spiro atoms. The highest BCUT2D eigenvalue weighted by Crippen LogP contribution is 2.26. The molecule has 1 atom stereocenters. The molecule has 1 aliphatic rings. The van der Waals surface area contributed by atoms with Crippen molar-refractivity contribution >= 4 is 29.3 Å². The first-order chi connectivity index (χ1) is 14.0. The Morgan fingerprint density at radius 2 is 1.97 bits per heavy atom. The second-order valence-electron chi connectivity index (χ2n) is 6.96. The number of primary amides is 1. The van der Waals surface area contributed by atoms with E-state index in [0.717, 1.165) is 37.2 Å². The maximum Gasteiger partial charge on any atom is 0.277 e. The number of amides is 2. The Morgan fingerprint density at radius 3 is 2.62 bits per heavy atom. The van der Waals surface area contributed by atoms with E-state index in [-0.39, 0.29) is 23.5 Å². The predicted octanol–water partition coefficient (Wildman–Crippen LogP) is 2.40. The summed E-state index contributed by atoms with van der Waals surface area (Å²) in [7, 11) is 0. The van der Waals surface area contributed by atoms with Gasteiger partial charge in [-0.05, 0) is 51.0 Å². The fourth-order valence-electron chi connectivity index (χ4n) is 3.44. The van der Waals surface area contributed by atoms with Crippen LogP contribution in [0.1, 0.15) is 26.7 Å². The van der Waals surface area contributed by atoms with E-state index in [1.165, 1.54) is 11.8 Å². The SMILES string of the molecule is CCN(CC)c1ccc(-c2nnc(SCC(=O)N3CCCC(C(N)=O)C3)o2)cc1. The van der Waals surface area contributed by atoms with Crippen molar-refractivity contribution in [3.05, 3.63) is 24.3 Å². The molecule has 0 saturated carbocycles. The van der Waals surface area contributed by atoms with E-state index < -0.39 is 0 Å². The van der Waals surface area contributed by atoms with Crippen molar-refractivity contribution in [1.29, 1.82) is 0 Å². The van der Waals surface area contributed by atoms with Crippen molar-refractivity contribution in [1.82, 2.24) is 15.1 Å². The van der Waals surface area contributed by atoms with Crippen LogP contribution in [-0.4, -0.2) is 58.8 Å². The number of thioether (sulfide) groups is 1. The predicted molar refractivity (Wildman–Crippen MR) is 113 cm³/mol. The van der Waals surface area contributed by atoms with Gasteiger partial charge in [-0.15, -0.1) is 10.2 Å². The fourth-order valence-corrected chi connectivity index (χ4v) is 4.10. The number of benzene rings is 1. The summed E-state index contributed by atoms with van der Waals surface area (Å²) in [6, 6.07) is 7.99. The van der Waals surface area contributed by atoms with Crippen LogP contribution in [0, 0.1) is 5.92 Å². The summed E-state index contributed by atoms with van der Waals surface area (Å²) in [5.41, 5.74) is 7.36. The molecular weight excluding hydrogens is 390 g/mol. The Morgan fingerprint density at radius 1 is 1.24 bits per heavy atom. The summed E-state index contributed by atoms with van der Waals surface area (Å²) in [4.78, 5) is 27.8. The van der Waals surface area contributed by atoms with E-state index in [4.69, 9.17) is 10.2 Å². The number of likely N-dealkylation sites (tertiary alicyclic amines) is 1. The first kappa shape index (κ1) is 21.2. The van der Waals surface area contributed by atoms with Gasteiger partial charge in [0.25, 0.3) is 5.22 Å². The van der Waals surface area contributed by atoms with Gasteiger partial charge in [-0.3, -0.25) is 9.59 Å². The highest BCUT2D eigenvalue weighted by atomic mass is 32.2. The van der Waals surface area contributed by atoms with Gasteiger partial charge in [0, 0.05) is 37.4 Å². The number of nitrogens with zero attached hydrogens (tertiary/aromatic N) is 4. The number of carbonyl (C=O) groups is 2. The molecule has 2 N–H and O–H groups in total. The van der Waals surface area contributed by atoms with Crippen LogP contribution in [0.4, 0.5) is 5.69 Å². The number of aromatic nitrogens is 2. The monoisotopic (exact) mass is 417 g/mol. The minimum absolute atomic E-state index is 0.0516. The zero-order valence-electron chi connectivity index (χ0n) is 16.8. The van der Waals surface area contributed by atoms with Gasteiger partial charge in [-0.25, -0.2) is 0 Å². The largest absolute Gasteiger partial charge is 0.411 e. The Balaban J connectivity index is 1.56. The lowest BCUT2D eigenvalue weighted by Gasteiger charge is -2.31. The molecule has 2 aromatic rings. The minimum Gasteiger partial charge on any atom is -0.411 e. The van der Waals surface area contributed by atoms with Crippen molar-refractivity contribution in [2.24, 2.45) is 11.7 Å². The van der Waals surface area contributed by atoms with Crippen molar-refractivity contribution in [3.8, 4) is 11.5 Å². The summed E-state index contributed by atoms with van der Waals surface area (Å²) < 4.78 is 5.70. The quantitative estimate of drug-likeness (QED) is 0.657. The number of hydrogen-bond donors (Lipinski definition) is 1. The second kappa shape index (κ2) is 9.78. The van der Waals surface area contributed by atoms with Crippen LogP contribution in [-0.2, 0) is 9.59 Å². The zero-order valence-corrected chi connectivity index (χ0v) is 17.7. The number of nitrogens with two attached hydrogens (primary N) is 1. The molecule has 1 aromatic heterocycles. The molecule has 0 radical (unpaired) electrons. The maximum absolute atomic E-state index is 12.4. The first-order valence-electron chi connectivity index (χ1n) is 9.90. The maximum atomic E-state index is 12.4. The van der Waals surface area contributed by atoms with Crippen molar-refractivity contribution in [2.45, 2.75) is 31.9 Å². The van der Waals surface area contributed by atoms with E-state index in [9.17, 15) is 9.59 Å². The fraction of sp³-hybridized carbons (Fsp3) is 0.500. The molecule has 0 aliphatic carbocycles. The Kier molecular flexibility index (Phi) is 7.13. The molecule has 3 rings (SSSR count). The van der Waals surface area contributed by atoms with Crippen LogP contribution in [0.5, 0.6) is 0 Å². The number of anilines is 1. The third kappa shape index (κ3) is 5.29. The molecule has 1 fully saturated rings. The van der Waals surface area contributed by atoms with Crippen LogP contribution in [0.25, 0.3) is 11.5 Å². The molecule has 9 heteroatoms. The number of hydrogen-bond acceptors (Lipinski definition) is 7. The molecule has 2 amide bonds. The molecule has 156 valence electrons. The average Bonchev–Trinajstić information content (AvgIpc) is 3.22. The lowest BCUT2D eigenvalue weighted by Crippen LogP contribution is -2.44. The molecule has 29 heavy (non-hydrogen) atoms. The Bertz CT molecular complexity index is 835. The zero-order chi connectivity index (χ0) is 20.8. The summed E-state index contributed by atoms with van der Waals surface area (Å²) in [6.45, 7) is 7.18. The molecular formula is C20H27N5O3S. The third-order valence-corrected chi connectivity index (χ3v) is 5.95. The first-order valence-corrected chi connectivity index (χ1v) is 10.9. The van der Waals surface area contributed by atoms with Crippen LogP contribution < -0.4 is 10.6 Å². The van der Waals surface area contributed by atoms with Crippen molar-refractivity contribution < 1.29 is 14.0 Å². The van der Waals surface area contributed by atoms with Gasteiger partial charge in [0.1, 0.15) is 0 Å². The van der Waals surface area contributed by atoms with Gasteiger partial charge in [-0.2, -0.15) is 0 Å². The van der Waals surface area contributed by atoms with Gasteiger partial charge < -0.3 is 20.0 Å². The number of piperidine rings is 1. The van der Waals surface area contributed by atoms with Gasteiger partial charge in [-0.1, -0.05) is 11.8 Å². The Labute approximate surface area is 174 Å². The Hall–Kier alpha value is -2.55. The van der Waals surface area contributed by atoms with E-state index in [2.05, 4.69) is 28.9 Å². The topological polar surface area (TPSA) is 106 Å². The van der Waals surface area contributed by atoms with E-state index in [1.54, 1.807) is 4.90 Å². The van der Waals surface area contributed by atoms with Gasteiger partial charge in [0.15, 0.2) is 0 Å². The van der Waals surface area contributed by atoms with Crippen LogP contribution >= 0.6 is 11.8 Å². The average molecular weight is 418 g/mol. The molecule has 1 aromatic carbocycles. The summed E-state index contributed by atoms with van der Waals surface area (Å²) in [6.07, 6.45) is 1.53. The minimum atomic E-state index is -0.344. The van der Waals surface area contributed by atoms with Crippen LogP contribution in [0.2, 0.25) is 0 Å². The lowest BCUT2D eigenvalue weighted by molar-refractivity contribution is -0.132. The number of carbonyl (C=O) groups excluding carboxylic acids is 2. The van der Waals surface area contributed by atoms with E-state index >= 15 is 0 Å². The smallest absolute Gasteiger partial charge is 0.277 e. The summed E-state index contributed by atoms with van der Waals surface area (Å²) >= 11 is 1.21. The molecule has 1 unspecified atom stereocenters. The molecule has 2 heterocycles. The summed E-state index contributed by atoms with van der Waals surface area (Å²) in [5.74, 6) is -0.0357. The van der Waals surface area contributed by atoms with Gasteiger partial charge >= 0.3 is 0 Å². The summed E-state index contributed by atoms with van der Waals surface area (Å²) in [5, 5.41) is 8.48. The molecule has 1 aliphatic heterocycles. The van der Waals surface area contributed by atoms with Crippen LogP contribution in [0.3, 0.4) is 0 Å². The van der Waals surface area contributed by atoms with Crippen LogP contribution in [0.15, 0.2) is 33.9 Å². The highest BCUT2D eigenvalue weighted by Gasteiger charge is 2.27. The van der Waals surface area contributed by atoms with Crippen molar-refractivity contribution in [3.63, 3.8) is 0 Å². The van der Waals surface area contributed by atoms with Crippen molar-refractivity contribution in [2.75, 3.05) is 36.8 Å².